The van der Waals surface area contributed by atoms with E-state index in [0.29, 0.717) is 0 Å². The van der Waals surface area contributed by atoms with Crippen LogP contribution in [-0.2, 0) is 4.79 Å². The van der Waals surface area contributed by atoms with Gasteiger partial charge in [-0.3, -0.25) is 0 Å². The van der Waals surface area contributed by atoms with E-state index in [4.69, 9.17) is 5.11 Å². The van der Waals surface area contributed by atoms with Crippen LogP contribution >= 0.6 is 0 Å². The second kappa shape index (κ2) is 4.42. The van der Waals surface area contributed by atoms with Crippen LogP contribution < -0.4 is 0 Å². The van der Waals surface area contributed by atoms with Crippen molar-refractivity contribution in [2.75, 3.05) is 0 Å². The molecule has 0 saturated heterocycles. The highest BCUT2D eigenvalue weighted by molar-refractivity contribution is 5.91. The second-order valence-corrected chi connectivity index (χ2v) is 4.12. The van der Waals surface area contributed by atoms with Gasteiger partial charge in [-0.25, -0.2) is 4.79 Å². The summed E-state index contributed by atoms with van der Waals surface area (Å²) in [6, 6.07) is 13.9. The Morgan fingerprint density at radius 1 is 1.18 bits per heavy atom. The quantitative estimate of drug-likeness (QED) is 0.812. The number of rotatable bonds is 3. The minimum atomic E-state index is -0.939. The third kappa shape index (κ3) is 2.07. The normalized spacial score (nSPS) is 12.3. The maximum Gasteiger partial charge on any atom is 0.331 e. The SMILES string of the molecule is C=C(C(=O)O)C(C)c1cccc2ccccc12. The summed E-state index contributed by atoms with van der Waals surface area (Å²) in [6.07, 6.45) is 0. The van der Waals surface area contributed by atoms with Crippen LogP contribution in [0.2, 0.25) is 0 Å². The Kier molecular flexibility index (Phi) is 2.96. The van der Waals surface area contributed by atoms with Crippen molar-refractivity contribution in [2.24, 2.45) is 0 Å². The smallest absolute Gasteiger partial charge is 0.331 e. The molecular weight excluding hydrogens is 212 g/mol. The molecule has 2 rings (SSSR count). The van der Waals surface area contributed by atoms with E-state index in [1.165, 1.54) is 0 Å². The van der Waals surface area contributed by atoms with E-state index in [9.17, 15) is 4.79 Å². The van der Waals surface area contributed by atoms with E-state index in [0.717, 1.165) is 16.3 Å². The summed E-state index contributed by atoms with van der Waals surface area (Å²) >= 11 is 0. The molecule has 0 aromatic heterocycles. The van der Waals surface area contributed by atoms with Crippen molar-refractivity contribution >= 4 is 16.7 Å². The van der Waals surface area contributed by atoms with Crippen LogP contribution in [0.25, 0.3) is 10.8 Å². The van der Waals surface area contributed by atoms with Gasteiger partial charge >= 0.3 is 5.97 Å². The molecule has 0 spiro atoms. The predicted octanol–water partition coefficient (Wildman–Crippen LogP) is 3.58. The topological polar surface area (TPSA) is 37.3 Å². The van der Waals surface area contributed by atoms with E-state index >= 15 is 0 Å². The molecular formula is C15H14O2. The molecule has 1 atom stereocenters. The van der Waals surface area contributed by atoms with Crippen molar-refractivity contribution in [3.63, 3.8) is 0 Å². The lowest BCUT2D eigenvalue weighted by molar-refractivity contribution is -0.132. The van der Waals surface area contributed by atoms with E-state index in [1.807, 2.05) is 49.4 Å². The number of benzene rings is 2. The van der Waals surface area contributed by atoms with Gasteiger partial charge < -0.3 is 5.11 Å². The number of fused-ring (bicyclic) bond motifs is 1. The standard InChI is InChI=1S/C15H14O2/c1-10(11(2)15(16)17)13-9-5-7-12-6-3-4-8-14(12)13/h3-10H,2H2,1H3,(H,16,17). The fourth-order valence-electron chi connectivity index (χ4n) is 2.00. The molecule has 0 fully saturated rings. The number of hydrogen-bond donors (Lipinski definition) is 1. The highest BCUT2D eigenvalue weighted by atomic mass is 16.4. The van der Waals surface area contributed by atoms with Gasteiger partial charge in [0, 0.05) is 11.5 Å². The van der Waals surface area contributed by atoms with Crippen molar-refractivity contribution in [3.05, 3.63) is 60.2 Å². The van der Waals surface area contributed by atoms with Crippen LogP contribution in [0.4, 0.5) is 0 Å². The van der Waals surface area contributed by atoms with Gasteiger partial charge in [-0.2, -0.15) is 0 Å². The Morgan fingerprint density at radius 3 is 2.53 bits per heavy atom. The zero-order chi connectivity index (χ0) is 12.4. The van der Waals surface area contributed by atoms with Crippen LogP contribution in [0.5, 0.6) is 0 Å². The molecule has 1 N–H and O–H groups in total. The number of carboxylic acid groups (broad SMARTS) is 1. The maximum atomic E-state index is 11.0. The van der Waals surface area contributed by atoms with E-state index < -0.39 is 5.97 Å². The lowest BCUT2D eigenvalue weighted by Gasteiger charge is -2.14. The molecule has 0 amide bonds. The van der Waals surface area contributed by atoms with Gasteiger partial charge in [0.1, 0.15) is 0 Å². The molecule has 86 valence electrons. The third-order valence-corrected chi connectivity index (χ3v) is 3.09. The molecule has 0 saturated carbocycles. The van der Waals surface area contributed by atoms with Crippen LogP contribution in [0, 0.1) is 0 Å². The Labute approximate surface area is 100 Å². The molecule has 0 bridgehead atoms. The van der Waals surface area contributed by atoms with Gasteiger partial charge in [0.2, 0.25) is 0 Å². The highest BCUT2D eigenvalue weighted by Gasteiger charge is 2.17. The van der Waals surface area contributed by atoms with Crippen LogP contribution in [-0.4, -0.2) is 11.1 Å². The molecule has 2 aromatic rings. The zero-order valence-electron chi connectivity index (χ0n) is 9.68. The first-order valence-corrected chi connectivity index (χ1v) is 5.51. The summed E-state index contributed by atoms with van der Waals surface area (Å²) in [5, 5.41) is 11.2. The van der Waals surface area contributed by atoms with Crippen molar-refractivity contribution < 1.29 is 9.90 Å². The van der Waals surface area contributed by atoms with E-state index in [2.05, 4.69) is 6.58 Å². The van der Waals surface area contributed by atoms with E-state index in [-0.39, 0.29) is 11.5 Å². The third-order valence-electron chi connectivity index (χ3n) is 3.09. The lowest BCUT2D eigenvalue weighted by Crippen LogP contribution is -2.07. The number of carbonyl (C=O) groups is 1. The molecule has 0 radical (unpaired) electrons. The molecule has 2 aromatic carbocycles. The lowest BCUT2D eigenvalue weighted by atomic mass is 9.90. The molecule has 0 aliphatic heterocycles. The fourth-order valence-corrected chi connectivity index (χ4v) is 2.00. The molecule has 17 heavy (non-hydrogen) atoms. The minimum absolute atomic E-state index is 0.182. The molecule has 2 heteroatoms. The predicted molar refractivity (Wildman–Crippen MR) is 69.1 cm³/mol. The van der Waals surface area contributed by atoms with Crippen molar-refractivity contribution in [3.8, 4) is 0 Å². The monoisotopic (exact) mass is 226 g/mol. The Hall–Kier alpha value is -2.09. The summed E-state index contributed by atoms with van der Waals surface area (Å²) in [7, 11) is 0. The second-order valence-electron chi connectivity index (χ2n) is 4.12. The molecule has 0 heterocycles. The number of hydrogen-bond acceptors (Lipinski definition) is 1. The maximum absolute atomic E-state index is 11.0. The van der Waals surface area contributed by atoms with Crippen LogP contribution in [0.3, 0.4) is 0 Å². The molecule has 0 aliphatic rings. The van der Waals surface area contributed by atoms with Gasteiger partial charge in [-0.05, 0) is 16.3 Å². The number of carboxylic acids is 1. The van der Waals surface area contributed by atoms with Crippen molar-refractivity contribution in [1.82, 2.24) is 0 Å². The largest absolute Gasteiger partial charge is 0.478 e. The van der Waals surface area contributed by atoms with Crippen molar-refractivity contribution in [1.29, 1.82) is 0 Å². The van der Waals surface area contributed by atoms with Gasteiger partial charge in [0.15, 0.2) is 0 Å². The van der Waals surface area contributed by atoms with Crippen molar-refractivity contribution in [2.45, 2.75) is 12.8 Å². The van der Waals surface area contributed by atoms with Crippen LogP contribution in [0.15, 0.2) is 54.6 Å². The summed E-state index contributed by atoms with van der Waals surface area (Å²) < 4.78 is 0. The van der Waals surface area contributed by atoms with Gasteiger partial charge in [0.05, 0.1) is 0 Å². The molecule has 0 aliphatic carbocycles. The highest BCUT2D eigenvalue weighted by Crippen LogP contribution is 2.29. The summed E-state index contributed by atoms with van der Waals surface area (Å²) in [6.45, 7) is 5.51. The Balaban J connectivity index is 2.56. The minimum Gasteiger partial charge on any atom is -0.478 e. The van der Waals surface area contributed by atoms with E-state index in [1.54, 1.807) is 0 Å². The Morgan fingerprint density at radius 2 is 1.82 bits per heavy atom. The van der Waals surface area contributed by atoms with Gasteiger partial charge in [0.25, 0.3) is 0 Å². The van der Waals surface area contributed by atoms with Gasteiger partial charge in [-0.1, -0.05) is 56.0 Å². The fraction of sp³-hybridized carbons (Fsp3) is 0.133. The first-order valence-electron chi connectivity index (χ1n) is 5.51. The number of aliphatic carboxylic acids is 1. The Bertz CT molecular complexity index is 579. The first-order chi connectivity index (χ1) is 8.11. The molecule has 1 unspecified atom stereocenters. The average molecular weight is 226 g/mol. The first kappa shape index (κ1) is 11.4. The van der Waals surface area contributed by atoms with Gasteiger partial charge in [-0.15, -0.1) is 0 Å². The molecule has 2 nitrogen and oxygen atoms in total. The van der Waals surface area contributed by atoms with Crippen LogP contribution in [0.1, 0.15) is 18.4 Å². The zero-order valence-corrected chi connectivity index (χ0v) is 9.68. The summed E-state index contributed by atoms with van der Waals surface area (Å²) in [5.41, 5.74) is 1.23. The summed E-state index contributed by atoms with van der Waals surface area (Å²) in [5.74, 6) is -1.12. The average Bonchev–Trinajstić information content (AvgIpc) is 2.36. The summed E-state index contributed by atoms with van der Waals surface area (Å²) in [4.78, 5) is 11.0.